The van der Waals surface area contributed by atoms with Gasteiger partial charge in [-0.2, -0.15) is 0 Å². The molecule has 1 saturated heterocycles. The molecule has 1 aliphatic rings. The molecule has 31 heavy (non-hydrogen) atoms. The first-order valence-corrected chi connectivity index (χ1v) is 14.7. The smallest absolute Gasteiger partial charge is 0.303 e. The Bertz CT molecular complexity index is 435. The summed E-state index contributed by atoms with van der Waals surface area (Å²) >= 11 is 0. The molecule has 0 aromatic rings. The molecule has 6 heteroatoms. The second-order valence-corrected chi connectivity index (χ2v) is 11.0. The third-order valence-corrected chi connectivity index (χ3v) is 6.95. The Morgan fingerprint density at radius 3 is 1.42 bits per heavy atom. The summed E-state index contributed by atoms with van der Waals surface area (Å²) in [6.45, 7) is 6.11. The molecule has 1 heterocycles. The first kappa shape index (κ1) is 31.1. The zero-order chi connectivity index (χ0) is 23.4. The van der Waals surface area contributed by atoms with Crippen LogP contribution in [0.3, 0.4) is 0 Å². The van der Waals surface area contributed by atoms with E-state index in [1.54, 1.807) is 0 Å². The highest BCUT2D eigenvalue weighted by molar-refractivity contribution is 7.45. The van der Waals surface area contributed by atoms with Gasteiger partial charge in [0.1, 0.15) is 0 Å². The van der Waals surface area contributed by atoms with Gasteiger partial charge in [-0.25, -0.2) is 4.57 Å². The lowest BCUT2D eigenvalue weighted by molar-refractivity contribution is 0.0788. The van der Waals surface area contributed by atoms with Gasteiger partial charge < -0.3 is 19.6 Å². The lowest BCUT2D eigenvalue weighted by Crippen LogP contribution is -2.47. The average molecular weight is 464 g/mol. The van der Waals surface area contributed by atoms with Crippen LogP contribution in [0.4, 0.5) is 0 Å². The molecular weight excluding hydrogens is 409 g/mol. The predicted molar refractivity (Wildman–Crippen MR) is 133 cm³/mol. The van der Waals surface area contributed by atoms with Crippen LogP contribution in [0.25, 0.3) is 0 Å². The summed E-state index contributed by atoms with van der Waals surface area (Å²) in [5.74, 6) is 0. The van der Waals surface area contributed by atoms with Gasteiger partial charge >= 0.3 is 7.82 Å². The van der Waals surface area contributed by atoms with E-state index in [4.69, 9.17) is 19.2 Å². The summed E-state index contributed by atoms with van der Waals surface area (Å²) in [6, 6.07) is 0. The summed E-state index contributed by atoms with van der Waals surface area (Å²) in [5, 5.41) is 0. The largest absolute Gasteiger partial charge is 0.466 e. The van der Waals surface area contributed by atoms with Crippen LogP contribution in [-0.4, -0.2) is 38.7 Å². The number of likely N-dealkylation sites (tertiary alicyclic amines) is 1. The molecule has 0 aliphatic carbocycles. The van der Waals surface area contributed by atoms with Gasteiger partial charge in [-0.15, -0.1) is 0 Å². The fourth-order valence-electron chi connectivity index (χ4n) is 4.69. The molecule has 1 aliphatic heterocycles. The maximum absolute atomic E-state index is 8.88. The third kappa shape index (κ3) is 21.7. The van der Waals surface area contributed by atoms with E-state index in [1.165, 1.54) is 135 Å². The van der Waals surface area contributed by atoms with Crippen LogP contribution >= 0.6 is 7.82 Å². The van der Waals surface area contributed by atoms with Crippen LogP contribution in [0.2, 0.25) is 0 Å². The number of nitrogens with zero attached hydrogens (tertiary/aromatic N) is 1. The van der Waals surface area contributed by atoms with Crippen molar-refractivity contribution in [1.82, 2.24) is 4.90 Å². The summed E-state index contributed by atoms with van der Waals surface area (Å²) in [7, 11) is -2.30. The summed E-state index contributed by atoms with van der Waals surface area (Å²) < 4.78 is 8.88. The van der Waals surface area contributed by atoms with Gasteiger partial charge in [-0.3, -0.25) is 0 Å². The van der Waals surface area contributed by atoms with Crippen molar-refractivity contribution >= 4 is 7.82 Å². The highest BCUT2D eigenvalue weighted by Crippen LogP contribution is 2.31. The molecule has 1 unspecified atom stereocenters. The standard InChI is InChI=1S/C25H51N.H3O4P/c1-4-5-6-7-8-9-10-11-12-13-14-15-16-17-18-19-22-25(2)23-20-21-24-26(25)3;1-5(2,3)4/h4-24H2,1-3H3;(H3,1,2,3,4). The van der Waals surface area contributed by atoms with Gasteiger partial charge in [-0.1, -0.05) is 116 Å². The van der Waals surface area contributed by atoms with Gasteiger partial charge in [0, 0.05) is 5.54 Å². The summed E-state index contributed by atoms with van der Waals surface area (Å²) in [4.78, 5) is 24.2. The molecule has 0 saturated carbocycles. The first-order chi connectivity index (χ1) is 14.7. The number of piperidine rings is 1. The van der Waals surface area contributed by atoms with Crippen LogP contribution < -0.4 is 0 Å². The quantitative estimate of drug-likeness (QED) is 0.153. The van der Waals surface area contributed by atoms with Crippen molar-refractivity contribution < 1.29 is 19.2 Å². The van der Waals surface area contributed by atoms with Crippen molar-refractivity contribution in [1.29, 1.82) is 0 Å². The van der Waals surface area contributed by atoms with Crippen LogP contribution in [0, 0.1) is 0 Å². The van der Waals surface area contributed by atoms with E-state index in [2.05, 4.69) is 25.8 Å². The van der Waals surface area contributed by atoms with Crippen molar-refractivity contribution in [3.8, 4) is 0 Å². The lowest BCUT2D eigenvalue weighted by atomic mass is 9.84. The van der Waals surface area contributed by atoms with Gasteiger partial charge in [0.15, 0.2) is 0 Å². The molecular formula is C25H54NO4P. The van der Waals surface area contributed by atoms with E-state index < -0.39 is 7.82 Å². The maximum atomic E-state index is 8.88. The average Bonchev–Trinajstić information content (AvgIpc) is 2.69. The molecule has 0 spiro atoms. The van der Waals surface area contributed by atoms with Gasteiger partial charge in [0.05, 0.1) is 0 Å². The number of hydrogen-bond acceptors (Lipinski definition) is 2. The minimum atomic E-state index is -4.64. The zero-order valence-electron chi connectivity index (χ0n) is 21.0. The fraction of sp³-hybridized carbons (Fsp3) is 1.00. The topological polar surface area (TPSA) is 81.0 Å². The number of unbranched alkanes of at least 4 members (excludes halogenated alkanes) is 15. The van der Waals surface area contributed by atoms with Crippen LogP contribution in [0.1, 0.15) is 142 Å². The zero-order valence-corrected chi connectivity index (χ0v) is 21.9. The Morgan fingerprint density at radius 2 is 1.06 bits per heavy atom. The van der Waals surface area contributed by atoms with E-state index >= 15 is 0 Å². The third-order valence-electron chi connectivity index (χ3n) is 6.95. The van der Waals surface area contributed by atoms with Crippen molar-refractivity contribution in [3.05, 3.63) is 0 Å². The van der Waals surface area contributed by atoms with E-state index in [0.29, 0.717) is 5.54 Å². The molecule has 1 rings (SSSR count). The summed E-state index contributed by atoms with van der Waals surface area (Å²) in [6.07, 6.45) is 29.2. The van der Waals surface area contributed by atoms with Crippen LogP contribution in [0.15, 0.2) is 0 Å². The fourth-order valence-corrected chi connectivity index (χ4v) is 4.69. The van der Waals surface area contributed by atoms with Gasteiger partial charge in [0.25, 0.3) is 0 Å². The number of hydrogen-bond donors (Lipinski definition) is 3. The lowest BCUT2D eigenvalue weighted by Gasteiger charge is -2.43. The Kier molecular flexibility index (Phi) is 19.6. The molecule has 1 fully saturated rings. The van der Waals surface area contributed by atoms with Crippen molar-refractivity contribution in [2.75, 3.05) is 13.6 Å². The normalized spacial score (nSPS) is 19.8. The van der Waals surface area contributed by atoms with Crippen molar-refractivity contribution in [3.63, 3.8) is 0 Å². The Morgan fingerprint density at radius 1 is 0.710 bits per heavy atom. The first-order valence-electron chi connectivity index (χ1n) is 13.2. The monoisotopic (exact) mass is 463 g/mol. The molecule has 0 aromatic heterocycles. The van der Waals surface area contributed by atoms with Crippen molar-refractivity contribution in [2.24, 2.45) is 0 Å². The highest BCUT2D eigenvalue weighted by atomic mass is 31.2. The maximum Gasteiger partial charge on any atom is 0.466 e. The molecule has 1 atom stereocenters. The van der Waals surface area contributed by atoms with E-state index in [0.717, 1.165) is 0 Å². The van der Waals surface area contributed by atoms with Gasteiger partial charge in [0.2, 0.25) is 0 Å². The minimum Gasteiger partial charge on any atom is -0.303 e. The molecule has 188 valence electrons. The van der Waals surface area contributed by atoms with Gasteiger partial charge in [-0.05, 0) is 39.8 Å². The Labute approximate surface area is 193 Å². The highest BCUT2D eigenvalue weighted by Gasteiger charge is 2.30. The molecule has 5 nitrogen and oxygen atoms in total. The van der Waals surface area contributed by atoms with Crippen LogP contribution in [-0.2, 0) is 4.57 Å². The van der Waals surface area contributed by atoms with Crippen molar-refractivity contribution in [2.45, 2.75) is 148 Å². The second kappa shape index (κ2) is 19.5. The predicted octanol–water partition coefficient (Wildman–Crippen LogP) is 7.58. The number of rotatable bonds is 17. The molecule has 0 bridgehead atoms. The second-order valence-electron chi connectivity index (χ2n) is 9.94. The van der Waals surface area contributed by atoms with Crippen LogP contribution in [0.5, 0.6) is 0 Å². The Hall–Kier alpha value is 0.0700. The summed E-state index contributed by atoms with van der Waals surface area (Å²) in [5.41, 5.74) is 0.508. The minimum absolute atomic E-state index is 0.508. The number of phosphoric acid groups is 1. The molecule has 0 aromatic carbocycles. The van der Waals surface area contributed by atoms with E-state index in [1.807, 2.05) is 0 Å². The van der Waals surface area contributed by atoms with E-state index in [-0.39, 0.29) is 0 Å². The Balaban J connectivity index is 0.00000161. The SMILES string of the molecule is CCCCCCCCCCCCCCCCCCC1(C)CCCCN1C.O=P(O)(O)O. The molecule has 3 N–H and O–H groups in total. The van der Waals surface area contributed by atoms with E-state index in [9.17, 15) is 0 Å². The molecule has 0 amide bonds. The molecule has 0 radical (unpaired) electrons.